The molecule has 0 spiro atoms. The Morgan fingerprint density at radius 2 is 1.79 bits per heavy atom. The van der Waals surface area contributed by atoms with Crippen molar-refractivity contribution in [2.45, 2.75) is 28.2 Å². The maximum absolute atomic E-state index is 13.7. The molecule has 1 fully saturated rings. The van der Waals surface area contributed by atoms with Crippen LogP contribution in [0.15, 0.2) is 33.9 Å². The molecular formula is C22H24N2O8S. The van der Waals surface area contributed by atoms with Crippen molar-refractivity contribution in [3.8, 4) is 11.5 Å². The summed E-state index contributed by atoms with van der Waals surface area (Å²) in [4.78, 5) is 40.8. The van der Waals surface area contributed by atoms with Crippen molar-refractivity contribution < 1.29 is 39.2 Å². The van der Waals surface area contributed by atoms with Crippen molar-refractivity contribution >= 4 is 35.0 Å². The van der Waals surface area contributed by atoms with Crippen LogP contribution in [0.3, 0.4) is 0 Å². The van der Waals surface area contributed by atoms with E-state index in [-0.39, 0.29) is 23.3 Å². The average molecular weight is 477 g/mol. The summed E-state index contributed by atoms with van der Waals surface area (Å²) < 4.78 is 10.8. The molecule has 3 aliphatic rings. The third-order valence-electron chi connectivity index (χ3n) is 6.49. The fraction of sp³-hybridized carbons (Fsp3) is 0.409. The van der Waals surface area contributed by atoms with Crippen molar-refractivity contribution in [3.63, 3.8) is 0 Å². The number of carbonyl (C=O) groups is 3. The van der Waals surface area contributed by atoms with Gasteiger partial charge in [-0.1, -0.05) is 0 Å². The smallest absolute Gasteiger partial charge is 0.255 e. The van der Waals surface area contributed by atoms with E-state index >= 15 is 0 Å². The minimum Gasteiger partial charge on any atom is -0.508 e. The van der Waals surface area contributed by atoms with Crippen molar-refractivity contribution in [1.82, 2.24) is 4.90 Å². The Bertz CT molecular complexity index is 1160. The van der Waals surface area contributed by atoms with Crippen LogP contribution in [0.1, 0.15) is 12.0 Å². The molecular weight excluding hydrogens is 452 g/mol. The summed E-state index contributed by atoms with van der Waals surface area (Å²) in [6, 6.07) is 2.14. The number of amides is 1. The van der Waals surface area contributed by atoms with Gasteiger partial charge >= 0.3 is 0 Å². The maximum Gasteiger partial charge on any atom is 0.255 e. The number of aliphatic hydroxyl groups excluding tert-OH is 2. The van der Waals surface area contributed by atoms with Gasteiger partial charge in [-0.2, -0.15) is 0 Å². The number of nitrogens with zero attached hydrogens (tertiary/aromatic N) is 1. The molecule has 0 radical (unpaired) electrons. The molecule has 0 bridgehead atoms. The summed E-state index contributed by atoms with van der Waals surface area (Å²) in [7, 11) is 6.01. The highest BCUT2D eigenvalue weighted by molar-refractivity contribution is 8.00. The van der Waals surface area contributed by atoms with Crippen LogP contribution in [0.25, 0.3) is 5.76 Å². The molecule has 10 nitrogen and oxygen atoms in total. The number of aliphatic hydroxyl groups is 3. The second-order valence-electron chi connectivity index (χ2n) is 8.34. The lowest BCUT2D eigenvalue weighted by Crippen LogP contribution is -2.66. The summed E-state index contributed by atoms with van der Waals surface area (Å²) in [5, 5.41) is 32.9. The van der Waals surface area contributed by atoms with E-state index in [4.69, 9.17) is 15.2 Å². The van der Waals surface area contributed by atoms with Crippen LogP contribution in [0.4, 0.5) is 0 Å². The number of primary amides is 1. The largest absolute Gasteiger partial charge is 0.508 e. The SMILES string of the molecule is COc1ccc(OC)c2c1SC1CC3C(N(C)C)C(=O)C(C(N)=O)=C(O)C3(O)C(=O)C1=C2O. The van der Waals surface area contributed by atoms with Gasteiger partial charge in [-0.3, -0.25) is 19.3 Å². The van der Waals surface area contributed by atoms with Crippen LogP contribution in [0.2, 0.25) is 0 Å². The van der Waals surface area contributed by atoms with Gasteiger partial charge in [0.15, 0.2) is 11.4 Å². The van der Waals surface area contributed by atoms with Gasteiger partial charge in [0.2, 0.25) is 5.78 Å². The number of carbonyl (C=O) groups excluding carboxylic acids is 3. The first-order valence-electron chi connectivity index (χ1n) is 10.1. The number of nitrogens with two attached hydrogens (primary N) is 1. The Kier molecular flexibility index (Phi) is 5.46. The van der Waals surface area contributed by atoms with Crippen LogP contribution in [-0.4, -0.2) is 82.9 Å². The molecule has 33 heavy (non-hydrogen) atoms. The first-order chi connectivity index (χ1) is 15.5. The summed E-state index contributed by atoms with van der Waals surface area (Å²) in [6.45, 7) is 0. The summed E-state index contributed by atoms with van der Waals surface area (Å²) in [5.41, 5.74) is 1.96. The van der Waals surface area contributed by atoms with Gasteiger partial charge in [0.05, 0.1) is 36.3 Å². The zero-order chi connectivity index (χ0) is 24.4. The van der Waals surface area contributed by atoms with Gasteiger partial charge in [-0.05, 0) is 32.6 Å². The van der Waals surface area contributed by atoms with Crippen LogP contribution in [0, 0.1) is 5.92 Å². The molecule has 5 N–H and O–H groups in total. The molecule has 1 aromatic carbocycles. The van der Waals surface area contributed by atoms with Gasteiger partial charge < -0.3 is 30.5 Å². The first-order valence-corrected chi connectivity index (χ1v) is 10.9. The molecule has 1 aliphatic heterocycles. The zero-order valence-corrected chi connectivity index (χ0v) is 19.2. The molecule has 0 saturated heterocycles. The minimum atomic E-state index is -2.61. The van der Waals surface area contributed by atoms with E-state index in [1.54, 1.807) is 26.2 Å². The highest BCUT2D eigenvalue weighted by Gasteiger charge is 2.64. The van der Waals surface area contributed by atoms with Crippen molar-refractivity contribution in [2.75, 3.05) is 28.3 Å². The average Bonchev–Trinajstić information content (AvgIpc) is 2.75. The van der Waals surface area contributed by atoms with Crippen LogP contribution in [-0.2, 0) is 14.4 Å². The number of hydrogen-bond donors (Lipinski definition) is 4. The Balaban J connectivity index is 1.99. The predicted molar refractivity (Wildman–Crippen MR) is 118 cm³/mol. The van der Waals surface area contributed by atoms with E-state index in [0.29, 0.717) is 10.6 Å². The van der Waals surface area contributed by atoms with Crippen LogP contribution < -0.4 is 15.2 Å². The Hall–Kier alpha value is -3.02. The second kappa shape index (κ2) is 7.79. The number of methoxy groups -OCH3 is 2. The molecule has 11 heteroatoms. The highest BCUT2D eigenvalue weighted by atomic mass is 32.2. The molecule has 4 unspecified atom stereocenters. The Morgan fingerprint density at radius 3 is 2.33 bits per heavy atom. The summed E-state index contributed by atoms with van der Waals surface area (Å²) in [5.74, 6) is -4.89. The number of thioether (sulfide) groups is 1. The molecule has 1 aromatic rings. The van der Waals surface area contributed by atoms with E-state index in [1.165, 1.54) is 30.9 Å². The fourth-order valence-electron chi connectivity index (χ4n) is 5.01. The Morgan fingerprint density at radius 1 is 1.18 bits per heavy atom. The first kappa shape index (κ1) is 23.1. The highest BCUT2D eigenvalue weighted by Crippen LogP contribution is 2.56. The topological polar surface area (TPSA) is 160 Å². The maximum atomic E-state index is 13.7. The van der Waals surface area contributed by atoms with Gasteiger partial charge in [0.25, 0.3) is 5.91 Å². The molecule has 176 valence electrons. The number of benzene rings is 1. The van der Waals surface area contributed by atoms with E-state index in [9.17, 15) is 29.7 Å². The van der Waals surface area contributed by atoms with Crippen LogP contribution in [0.5, 0.6) is 11.5 Å². The van der Waals surface area contributed by atoms with Gasteiger partial charge in [-0.25, -0.2) is 0 Å². The molecule has 0 aromatic heterocycles. The van der Waals surface area contributed by atoms with Crippen LogP contribution >= 0.6 is 11.8 Å². The number of ketones is 2. The van der Waals surface area contributed by atoms with Gasteiger partial charge in [-0.15, -0.1) is 11.8 Å². The molecule has 1 amide bonds. The number of hydrogen-bond acceptors (Lipinski definition) is 10. The minimum absolute atomic E-state index is 0.0385. The zero-order valence-electron chi connectivity index (χ0n) is 18.4. The lowest BCUT2D eigenvalue weighted by molar-refractivity contribution is -0.151. The number of ether oxygens (including phenoxy) is 2. The number of likely N-dealkylation sites (N-methyl/N-ethyl adjacent to an activating group) is 1. The van der Waals surface area contributed by atoms with E-state index in [2.05, 4.69) is 0 Å². The van der Waals surface area contributed by atoms with E-state index in [0.717, 1.165) is 0 Å². The second-order valence-corrected chi connectivity index (χ2v) is 9.55. The van der Waals surface area contributed by atoms with Gasteiger partial charge in [0.1, 0.15) is 28.6 Å². The standard InChI is InChI=1S/C22H24N2O8S/c1-24(2)15-8-7-11-13(19(27)22(8,30)20(28)14(17(15)26)21(23)29)16(25)12-9(31-3)5-6-10(32-4)18(12)33-11/h5-6,8,11,15,25,28,30H,7H2,1-4H3,(H2,23,29). The van der Waals surface area contributed by atoms with Crippen molar-refractivity contribution in [1.29, 1.82) is 0 Å². The number of Topliss-reactive ketones (excluding diaryl/α,β-unsaturated/α-hetero) is 2. The van der Waals surface area contributed by atoms with E-state index in [1.807, 2.05) is 0 Å². The predicted octanol–water partition coefficient (Wildman–Crippen LogP) is 0.578. The van der Waals surface area contributed by atoms with Crippen molar-refractivity contribution in [2.24, 2.45) is 11.7 Å². The number of rotatable bonds is 4. The third kappa shape index (κ3) is 2.99. The molecule has 2 aliphatic carbocycles. The monoisotopic (exact) mass is 476 g/mol. The molecule has 4 atom stereocenters. The van der Waals surface area contributed by atoms with Gasteiger partial charge in [0, 0.05) is 11.2 Å². The molecule has 1 saturated carbocycles. The molecule has 1 heterocycles. The third-order valence-corrected chi connectivity index (χ3v) is 7.84. The summed E-state index contributed by atoms with van der Waals surface area (Å²) in [6.07, 6.45) is 0.0385. The molecule has 4 rings (SSSR count). The lowest BCUT2D eigenvalue weighted by Gasteiger charge is -2.50. The normalized spacial score (nSPS) is 29.0. The quantitative estimate of drug-likeness (QED) is 0.453. The fourth-order valence-corrected chi connectivity index (χ4v) is 6.52. The summed E-state index contributed by atoms with van der Waals surface area (Å²) >= 11 is 1.23. The lowest BCUT2D eigenvalue weighted by atomic mass is 9.62. The Labute approximate surface area is 193 Å². The number of fused-ring (bicyclic) bond motifs is 3. The van der Waals surface area contributed by atoms with Crippen molar-refractivity contribution in [3.05, 3.63) is 34.6 Å². The van der Waals surface area contributed by atoms with E-state index < -0.39 is 57.4 Å².